The van der Waals surface area contributed by atoms with Crippen molar-refractivity contribution in [1.82, 2.24) is 4.90 Å². The normalized spacial score (nSPS) is 15.0. The van der Waals surface area contributed by atoms with E-state index in [1.165, 1.54) is 17.7 Å². The highest BCUT2D eigenvalue weighted by atomic mass is 19.4. The van der Waals surface area contributed by atoms with Crippen LogP contribution in [0.3, 0.4) is 0 Å². The van der Waals surface area contributed by atoms with Crippen LogP contribution in [-0.2, 0) is 11.6 Å². The second-order valence-electron chi connectivity index (χ2n) is 8.54. The Balaban J connectivity index is 2.18. The molecule has 2 aromatic carbocycles. The molecule has 168 valence electrons. The highest BCUT2D eigenvalue weighted by Gasteiger charge is 2.37. The van der Waals surface area contributed by atoms with E-state index in [-0.39, 0.29) is 12.0 Å². The second-order valence-corrected chi connectivity index (χ2v) is 8.54. The fourth-order valence-corrected chi connectivity index (χ4v) is 4.26. The molecular weight excluding hydrogens is 397 g/mol. The summed E-state index contributed by atoms with van der Waals surface area (Å²) in [5, 5.41) is 10.1. The van der Waals surface area contributed by atoms with Crippen molar-refractivity contribution < 1.29 is 13.2 Å². The molecule has 2 atom stereocenters. The number of halogens is 3. The quantitative estimate of drug-likeness (QED) is 0.393. The van der Waals surface area contributed by atoms with E-state index in [1.54, 1.807) is 0 Å². The zero-order chi connectivity index (χ0) is 23.1. The molecule has 2 rings (SSSR count). The molecule has 0 fully saturated rings. The van der Waals surface area contributed by atoms with Crippen molar-refractivity contribution in [2.45, 2.75) is 64.6 Å². The number of rotatable bonds is 10. The van der Waals surface area contributed by atoms with Crippen LogP contribution in [0.2, 0.25) is 0 Å². The lowest BCUT2D eigenvalue weighted by atomic mass is 9.69. The van der Waals surface area contributed by atoms with Crippen LogP contribution >= 0.6 is 0 Å². The summed E-state index contributed by atoms with van der Waals surface area (Å²) in [5.74, 6) is -0.0135. The van der Waals surface area contributed by atoms with Crippen LogP contribution in [0, 0.1) is 17.2 Å². The number of nitriles is 1. The molecule has 2 aromatic rings. The SMILES string of the molecule is CCCN(CCCC(C#N)(c1ccc(C(F)(F)F)cc1)C(C)C)C(C)c1ccccc1. The van der Waals surface area contributed by atoms with Crippen LogP contribution < -0.4 is 0 Å². The second kappa shape index (κ2) is 10.8. The van der Waals surface area contributed by atoms with E-state index in [1.807, 2.05) is 32.0 Å². The lowest BCUT2D eigenvalue weighted by Crippen LogP contribution is -2.34. The predicted molar refractivity (Wildman–Crippen MR) is 120 cm³/mol. The maximum atomic E-state index is 13.0. The van der Waals surface area contributed by atoms with Crippen LogP contribution in [-0.4, -0.2) is 18.0 Å². The minimum absolute atomic E-state index is 0.0135. The summed E-state index contributed by atoms with van der Waals surface area (Å²) in [6, 6.07) is 18.2. The Labute approximate surface area is 184 Å². The first kappa shape index (κ1) is 24.9. The summed E-state index contributed by atoms with van der Waals surface area (Å²) in [4.78, 5) is 2.42. The molecule has 0 N–H and O–H groups in total. The molecule has 0 aliphatic rings. The Morgan fingerprint density at radius 2 is 1.48 bits per heavy atom. The van der Waals surface area contributed by atoms with Crippen LogP contribution in [0.15, 0.2) is 54.6 Å². The molecule has 0 spiro atoms. The molecule has 0 amide bonds. The van der Waals surface area contributed by atoms with Gasteiger partial charge in [0.15, 0.2) is 0 Å². The van der Waals surface area contributed by atoms with Gasteiger partial charge in [-0.3, -0.25) is 4.90 Å². The Morgan fingerprint density at radius 1 is 0.903 bits per heavy atom. The van der Waals surface area contributed by atoms with E-state index in [2.05, 4.69) is 36.9 Å². The minimum atomic E-state index is -4.38. The average Bonchev–Trinajstić information content (AvgIpc) is 2.75. The standard InChI is InChI=1S/C26H33F3N2/c1-5-17-31(21(4)22-10-7-6-8-11-22)18-9-16-25(19-30,20(2)3)23-12-14-24(15-13-23)26(27,28)29/h6-8,10-15,20-21H,5,9,16-18H2,1-4H3. The molecular formula is C26H33F3N2. The summed E-state index contributed by atoms with van der Waals surface area (Å²) >= 11 is 0. The van der Waals surface area contributed by atoms with Gasteiger partial charge in [0.25, 0.3) is 0 Å². The fourth-order valence-electron chi connectivity index (χ4n) is 4.26. The maximum absolute atomic E-state index is 13.0. The molecule has 0 aliphatic heterocycles. The third kappa shape index (κ3) is 6.11. The molecule has 0 saturated carbocycles. The van der Waals surface area contributed by atoms with Gasteiger partial charge in [-0.25, -0.2) is 0 Å². The van der Waals surface area contributed by atoms with Gasteiger partial charge >= 0.3 is 6.18 Å². The van der Waals surface area contributed by atoms with Crippen LogP contribution in [0.25, 0.3) is 0 Å². The molecule has 0 radical (unpaired) electrons. The minimum Gasteiger partial charge on any atom is -0.297 e. The van der Waals surface area contributed by atoms with Crippen LogP contribution in [0.4, 0.5) is 13.2 Å². The van der Waals surface area contributed by atoms with Gasteiger partial charge < -0.3 is 0 Å². The topological polar surface area (TPSA) is 27.0 Å². The van der Waals surface area contributed by atoms with Gasteiger partial charge in [-0.1, -0.05) is 63.2 Å². The van der Waals surface area contributed by atoms with Crippen molar-refractivity contribution in [3.8, 4) is 6.07 Å². The average molecular weight is 431 g/mol. The molecule has 0 bridgehead atoms. The van der Waals surface area contributed by atoms with E-state index >= 15 is 0 Å². The fraction of sp³-hybridized carbons (Fsp3) is 0.500. The third-order valence-electron chi connectivity index (χ3n) is 6.27. The number of nitrogens with zero attached hydrogens (tertiary/aromatic N) is 2. The Hall–Kier alpha value is -2.32. The zero-order valence-corrected chi connectivity index (χ0v) is 18.9. The molecule has 0 aliphatic carbocycles. The first-order chi connectivity index (χ1) is 14.7. The highest BCUT2D eigenvalue weighted by molar-refractivity contribution is 5.36. The molecule has 0 heterocycles. The first-order valence-corrected chi connectivity index (χ1v) is 11.0. The van der Waals surface area contributed by atoms with Gasteiger partial charge in [0.2, 0.25) is 0 Å². The number of hydrogen-bond acceptors (Lipinski definition) is 2. The molecule has 31 heavy (non-hydrogen) atoms. The summed E-state index contributed by atoms with van der Waals surface area (Å²) < 4.78 is 38.9. The van der Waals surface area contributed by atoms with Crippen molar-refractivity contribution in [3.63, 3.8) is 0 Å². The number of benzene rings is 2. The van der Waals surface area contributed by atoms with Crippen molar-refractivity contribution in [3.05, 3.63) is 71.3 Å². The largest absolute Gasteiger partial charge is 0.416 e. The smallest absolute Gasteiger partial charge is 0.297 e. The highest BCUT2D eigenvalue weighted by Crippen LogP contribution is 2.38. The van der Waals surface area contributed by atoms with Gasteiger partial charge in [-0.2, -0.15) is 18.4 Å². The zero-order valence-electron chi connectivity index (χ0n) is 18.9. The van der Waals surface area contributed by atoms with E-state index in [9.17, 15) is 18.4 Å². The van der Waals surface area contributed by atoms with E-state index in [4.69, 9.17) is 0 Å². The number of hydrogen-bond donors (Lipinski definition) is 0. The van der Waals surface area contributed by atoms with Crippen molar-refractivity contribution >= 4 is 0 Å². The monoisotopic (exact) mass is 430 g/mol. The van der Waals surface area contributed by atoms with Crippen LogP contribution in [0.5, 0.6) is 0 Å². The Morgan fingerprint density at radius 3 is 1.97 bits per heavy atom. The van der Waals surface area contributed by atoms with Crippen molar-refractivity contribution in [1.29, 1.82) is 5.26 Å². The molecule has 5 heteroatoms. The Kier molecular flexibility index (Phi) is 8.70. The number of alkyl halides is 3. The van der Waals surface area contributed by atoms with E-state index in [0.717, 1.165) is 38.1 Å². The van der Waals surface area contributed by atoms with Gasteiger partial charge in [-0.05, 0) is 68.5 Å². The van der Waals surface area contributed by atoms with Crippen molar-refractivity contribution in [2.75, 3.05) is 13.1 Å². The molecule has 2 nitrogen and oxygen atoms in total. The molecule has 2 unspecified atom stereocenters. The molecule has 0 saturated heterocycles. The van der Waals surface area contributed by atoms with Gasteiger partial charge in [-0.15, -0.1) is 0 Å². The van der Waals surface area contributed by atoms with Crippen LogP contribution in [0.1, 0.15) is 69.7 Å². The summed E-state index contributed by atoms with van der Waals surface area (Å²) in [6.07, 6.45) is -1.94. The van der Waals surface area contributed by atoms with Gasteiger partial charge in [0.05, 0.1) is 17.0 Å². The van der Waals surface area contributed by atoms with E-state index < -0.39 is 17.2 Å². The Bertz CT molecular complexity index is 838. The predicted octanol–water partition coefficient (Wildman–Crippen LogP) is 7.38. The summed E-state index contributed by atoms with van der Waals surface area (Å²) in [6.45, 7) is 10.1. The lowest BCUT2D eigenvalue weighted by Gasteiger charge is -2.34. The third-order valence-corrected chi connectivity index (χ3v) is 6.27. The summed E-state index contributed by atoms with van der Waals surface area (Å²) in [5.41, 5.74) is 0.431. The molecule has 0 aromatic heterocycles. The lowest BCUT2D eigenvalue weighted by molar-refractivity contribution is -0.137. The van der Waals surface area contributed by atoms with E-state index in [0.29, 0.717) is 12.0 Å². The first-order valence-electron chi connectivity index (χ1n) is 11.0. The van der Waals surface area contributed by atoms with Gasteiger partial charge in [0.1, 0.15) is 0 Å². The summed E-state index contributed by atoms with van der Waals surface area (Å²) in [7, 11) is 0. The maximum Gasteiger partial charge on any atom is 0.416 e. The van der Waals surface area contributed by atoms with Gasteiger partial charge in [0, 0.05) is 6.04 Å². The van der Waals surface area contributed by atoms with Crippen molar-refractivity contribution in [2.24, 2.45) is 5.92 Å².